The zero-order valence-corrected chi connectivity index (χ0v) is 10.8. The van der Waals surface area contributed by atoms with Gasteiger partial charge in [0.05, 0.1) is 6.10 Å². The van der Waals surface area contributed by atoms with Crippen molar-refractivity contribution in [2.75, 3.05) is 0 Å². The molecule has 1 atom stereocenters. The number of benzene rings is 1. The zero-order chi connectivity index (χ0) is 10.8. The molecule has 1 aromatic carbocycles. The molecule has 0 aliphatic heterocycles. The third-order valence-electron chi connectivity index (χ3n) is 2.87. The first-order valence-corrected chi connectivity index (χ1v) is 6.47. The number of aliphatic hydroxyl groups excluding tert-OH is 1. The lowest BCUT2D eigenvalue weighted by Gasteiger charge is -2.12. The smallest absolute Gasteiger partial charge is 0.0804 e. The predicted octanol–water partition coefficient (Wildman–Crippen LogP) is 4.33. The molecule has 82 valence electrons. The van der Waals surface area contributed by atoms with Crippen molar-refractivity contribution < 1.29 is 5.11 Å². The Labute approximate surface area is 104 Å². The minimum atomic E-state index is -0.411. The lowest BCUT2D eigenvalue weighted by molar-refractivity contribution is 0.162. The van der Waals surface area contributed by atoms with Gasteiger partial charge in [-0.15, -0.1) is 0 Å². The molecule has 3 heteroatoms. The molecular formula is C12H14BrClO. The van der Waals surface area contributed by atoms with E-state index in [9.17, 15) is 5.11 Å². The van der Waals surface area contributed by atoms with Gasteiger partial charge in [-0.1, -0.05) is 46.4 Å². The summed E-state index contributed by atoms with van der Waals surface area (Å²) >= 11 is 9.42. The topological polar surface area (TPSA) is 20.2 Å². The van der Waals surface area contributed by atoms with Crippen molar-refractivity contribution in [2.24, 2.45) is 5.92 Å². The molecule has 2 rings (SSSR count). The summed E-state index contributed by atoms with van der Waals surface area (Å²) < 4.78 is 0.950. The van der Waals surface area contributed by atoms with E-state index in [0.29, 0.717) is 5.02 Å². The Morgan fingerprint density at radius 3 is 2.80 bits per heavy atom. The van der Waals surface area contributed by atoms with Gasteiger partial charge in [-0.25, -0.2) is 0 Å². The molecule has 1 saturated carbocycles. The van der Waals surface area contributed by atoms with Crippen LogP contribution in [0.15, 0.2) is 22.7 Å². The highest BCUT2D eigenvalue weighted by molar-refractivity contribution is 9.10. The molecule has 1 aromatic rings. The van der Waals surface area contributed by atoms with Gasteiger partial charge in [0, 0.05) is 9.50 Å². The molecule has 1 nitrogen and oxygen atoms in total. The molecule has 1 N–H and O–H groups in total. The van der Waals surface area contributed by atoms with Gasteiger partial charge in [0.25, 0.3) is 0 Å². The van der Waals surface area contributed by atoms with Gasteiger partial charge in [0.1, 0.15) is 0 Å². The monoisotopic (exact) mass is 288 g/mol. The van der Waals surface area contributed by atoms with E-state index in [4.69, 9.17) is 11.6 Å². The Morgan fingerprint density at radius 2 is 2.20 bits per heavy atom. The van der Waals surface area contributed by atoms with E-state index < -0.39 is 6.10 Å². The maximum Gasteiger partial charge on any atom is 0.0804 e. The maximum absolute atomic E-state index is 9.97. The second-order valence-corrected chi connectivity index (χ2v) is 5.53. The molecule has 0 aromatic heterocycles. The van der Waals surface area contributed by atoms with E-state index in [1.807, 2.05) is 18.2 Å². The van der Waals surface area contributed by atoms with Crippen LogP contribution in [-0.2, 0) is 0 Å². The normalized spacial score (nSPS) is 17.8. The third-order valence-corrected chi connectivity index (χ3v) is 3.69. The standard InChI is InChI=1S/C12H14BrClO/c13-9-4-5-10(11(14)7-9)12(15)6-3-8-1-2-8/h4-5,7-8,12,15H,1-3,6H2. The first kappa shape index (κ1) is 11.4. The number of aliphatic hydroxyl groups is 1. The summed E-state index contributed by atoms with van der Waals surface area (Å²) in [5, 5.41) is 10.6. The number of hydrogen-bond donors (Lipinski definition) is 1. The van der Waals surface area contributed by atoms with E-state index >= 15 is 0 Å². The van der Waals surface area contributed by atoms with Crippen LogP contribution in [0.5, 0.6) is 0 Å². The number of rotatable bonds is 4. The van der Waals surface area contributed by atoms with Crippen LogP contribution in [-0.4, -0.2) is 5.11 Å². The fraction of sp³-hybridized carbons (Fsp3) is 0.500. The van der Waals surface area contributed by atoms with Crippen molar-refractivity contribution >= 4 is 27.5 Å². The molecule has 1 aliphatic carbocycles. The van der Waals surface area contributed by atoms with Gasteiger partial charge in [-0.2, -0.15) is 0 Å². The summed E-state index contributed by atoms with van der Waals surface area (Å²) in [7, 11) is 0. The molecule has 1 unspecified atom stereocenters. The molecule has 0 bridgehead atoms. The van der Waals surface area contributed by atoms with Crippen LogP contribution in [0.1, 0.15) is 37.4 Å². The SMILES string of the molecule is OC(CCC1CC1)c1ccc(Br)cc1Cl. The second-order valence-electron chi connectivity index (χ2n) is 4.20. The predicted molar refractivity (Wildman–Crippen MR) is 66.1 cm³/mol. The minimum absolute atomic E-state index is 0.411. The van der Waals surface area contributed by atoms with E-state index in [2.05, 4.69) is 15.9 Å². The first-order chi connectivity index (χ1) is 7.16. The molecule has 0 amide bonds. The highest BCUT2D eigenvalue weighted by Gasteiger charge is 2.22. The van der Waals surface area contributed by atoms with Crippen LogP contribution < -0.4 is 0 Å². The lowest BCUT2D eigenvalue weighted by atomic mass is 10.0. The molecule has 0 spiro atoms. The maximum atomic E-state index is 9.97. The average molecular weight is 290 g/mol. The first-order valence-electron chi connectivity index (χ1n) is 5.30. The summed E-state index contributed by atoms with van der Waals surface area (Å²) in [4.78, 5) is 0. The Balaban J connectivity index is 1.99. The molecular weight excluding hydrogens is 275 g/mol. The third kappa shape index (κ3) is 3.20. The quantitative estimate of drug-likeness (QED) is 0.875. The lowest BCUT2D eigenvalue weighted by Crippen LogP contribution is -1.98. The van der Waals surface area contributed by atoms with Crippen molar-refractivity contribution in [3.8, 4) is 0 Å². The van der Waals surface area contributed by atoms with Crippen LogP contribution >= 0.6 is 27.5 Å². The van der Waals surface area contributed by atoms with Gasteiger partial charge < -0.3 is 5.11 Å². The Hall–Kier alpha value is -0.0500. The summed E-state index contributed by atoms with van der Waals surface area (Å²) in [6, 6.07) is 5.64. The molecule has 0 radical (unpaired) electrons. The Morgan fingerprint density at radius 1 is 1.47 bits per heavy atom. The van der Waals surface area contributed by atoms with Gasteiger partial charge in [-0.05, 0) is 36.5 Å². The van der Waals surface area contributed by atoms with Gasteiger partial charge in [0.15, 0.2) is 0 Å². The van der Waals surface area contributed by atoms with Crippen LogP contribution in [0.3, 0.4) is 0 Å². The number of hydrogen-bond acceptors (Lipinski definition) is 1. The summed E-state index contributed by atoms with van der Waals surface area (Å²) in [6.45, 7) is 0. The second kappa shape index (κ2) is 4.86. The van der Waals surface area contributed by atoms with Crippen molar-refractivity contribution in [2.45, 2.75) is 31.8 Å². The zero-order valence-electron chi connectivity index (χ0n) is 8.42. The summed E-state index contributed by atoms with van der Waals surface area (Å²) in [5.74, 6) is 0.855. The molecule has 0 heterocycles. The molecule has 1 aliphatic rings. The van der Waals surface area contributed by atoms with Crippen LogP contribution in [0.2, 0.25) is 5.02 Å². The van der Waals surface area contributed by atoms with E-state index in [-0.39, 0.29) is 0 Å². The number of halogens is 2. The Kier molecular flexibility index (Phi) is 3.70. The van der Waals surface area contributed by atoms with E-state index in [1.165, 1.54) is 12.8 Å². The van der Waals surface area contributed by atoms with Crippen molar-refractivity contribution in [1.82, 2.24) is 0 Å². The molecule has 1 fully saturated rings. The van der Waals surface area contributed by atoms with Gasteiger partial charge in [-0.3, -0.25) is 0 Å². The minimum Gasteiger partial charge on any atom is -0.388 e. The van der Waals surface area contributed by atoms with Gasteiger partial charge >= 0.3 is 0 Å². The van der Waals surface area contributed by atoms with Crippen LogP contribution in [0.25, 0.3) is 0 Å². The molecule has 15 heavy (non-hydrogen) atoms. The highest BCUT2D eigenvalue weighted by atomic mass is 79.9. The summed E-state index contributed by atoms with van der Waals surface area (Å²) in [5.41, 5.74) is 0.848. The van der Waals surface area contributed by atoms with Crippen LogP contribution in [0, 0.1) is 5.92 Å². The summed E-state index contributed by atoms with van der Waals surface area (Å²) in [6.07, 6.45) is 4.20. The van der Waals surface area contributed by atoms with Crippen molar-refractivity contribution in [3.63, 3.8) is 0 Å². The fourth-order valence-corrected chi connectivity index (χ4v) is 2.53. The highest BCUT2D eigenvalue weighted by Crippen LogP contribution is 2.37. The Bertz CT molecular complexity index is 349. The fourth-order valence-electron chi connectivity index (χ4n) is 1.73. The van der Waals surface area contributed by atoms with Crippen molar-refractivity contribution in [3.05, 3.63) is 33.3 Å². The largest absolute Gasteiger partial charge is 0.388 e. The van der Waals surface area contributed by atoms with E-state index in [0.717, 1.165) is 28.8 Å². The van der Waals surface area contributed by atoms with Crippen molar-refractivity contribution in [1.29, 1.82) is 0 Å². The average Bonchev–Trinajstić information content (AvgIpc) is 2.97. The van der Waals surface area contributed by atoms with Gasteiger partial charge in [0.2, 0.25) is 0 Å². The molecule has 0 saturated heterocycles. The van der Waals surface area contributed by atoms with E-state index in [1.54, 1.807) is 0 Å². The van der Waals surface area contributed by atoms with Crippen LogP contribution in [0.4, 0.5) is 0 Å².